The molecule has 0 aliphatic heterocycles. The van der Waals surface area contributed by atoms with Gasteiger partial charge in [0.05, 0.1) is 16.5 Å². The zero-order chi connectivity index (χ0) is 19.2. The number of rotatable bonds is 6. The minimum absolute atomic E-state index is 0.163. The van der Waals surface area contributed by atoms with E-state index in [0.717, 1.165) is 11.3 Å². The third kappa shape index (κ3) is 4.48. The summed E-state index contributed by atoms with van der Waals surface area (Å²) in [5.41, 5.74) is 0.264. The number of Topliss-reactive ketones (excluding diaryl/α,β-unsaturated/α-hetero) is 1. The van der Waals surface area contributed by atoms with Gasteiger partial charge in [-0.25, -0.2) is 0 Å². The fourth-order valence-electron chi connectivity index (χ4n) is 2.39. The van der Waals surface area contributed by atoms with Crippen LogP contribution in [0.1, 0.15) is 23.2 Å². The van der Waals surface area contributed by atoms with Gasteiger partial charge in [-0.3, -0.25) is 23.9 Å². The highest BCUT2D eigenvalue weighted by molar-refractivity contribution is 7.07. The molecule has 3 aromatic rings. The van der Waals surface area contributed by atoms with Crippen LogP contribution in [0.4, 0.5) is 0 Å². The van der Waals surface area contributed by atoms with Crippen molar-refractivity contribution in [2.45, 2.75) is 13.5 Å². The summed E-state index contributed by atoms with van der Waals surface area (Å²) in [5, 5.41) is 2.65. The van der Waals surface area contributed by atoms with Gasteiger partial charge in [-0.2, -0.15) is 0 Å². The van der Waals surface area contributed by atoms with Gasteiger partial charge in [0.1, 0.15) is 11.2 Å². The highest BCUT2D eigenvalue weighted by Crippen LogP contribution is 2.02. The smallest absolute Gasteiger partial charge is 0.269 e. The van der Waals surface area contributed by atoms with Crippen molar-refractivity contribution in [3.05, 3.63) is 73.8 Å². The van der Waals surface area contributed by atoms with Crippen LogP contribution < -0.4 is 20.1 Å². The summed E-state index contributed by atoms with van der Waals surface area (Å²) >= 11 is 1.12. The fraction of sp³-hybridized carbons (Fsp3) is 0.158. The Kier molecular flexibility index (Phi) is 5.77. The van der Waals surface area contributed by atoms with E-state index < -0.39 is 0 Å². The molecule has 0 fully saturated rings. The number of ketones is 1. The number of carbonyl (C=O) groups excluding carboxylic acids is 2. The molecule has 3 aromatic heterocycles. The van der Waals surface area contributed by atoms with Gasteiger partial charge in [0, 0.05) is 18.8 Å². The number of furan rings is 1. The zero-order valence-corrected chi connectivity index (χ0v) is 15.4. The quantitative estimate of drug-likeness (QED) is 0.627. The van der Waals surface area contributed by atoms with Crippen molar-refractivity contribution in [2.75, 3.05) is 6.54 Å². The molecule has 1 amide bonds. The number of likely N-dealkylation sites (N-methyl/N-ethyl adjacent to an activating group) is 1. The maximum absolute atomic E-state index is 12.8. The predicted molar refractivity (Wildman–Crippen MR) is 102 cm³/mol. The van der Waals surface area contributed by atoms with Crippen molar-refractivity contribution in [1.29, 1.82) is 0 Å². The van der Waals surface area contributed by atoms with Crippen LogP contribution in [0, 0.1) is 0 Å². The molecule has 7 nitrogen and oxygen atoms in total. The number of pyridine rings is 1. The number of aromatic nitrogens is 2. The van der Waals surface area contributed by atoms with Crippen LogP contribution in [-0.2, 0) is 11.3 Å². The van der Waals surface area contributed by atoms with Crippen LogP contribution in [0.5, 0.6) is 0 Å². The lowest BCUT2D eigenvalue weighted by molar-refractivity contribution is -0.121. The van der Waals surface area contributed by atoms with Gasteiger partial charge in [0.25, 0.3) is 5.56 Å². The van der Waals surface area contributed by atoms with Gasteiger partial charge < -0.3 is 9.73 Å². The molecule has 0 radical (unpaired) electrons. The van der Waals surface area contributed by atoms with Crippen molar-refractivity contribution in [3.63, 3.8) is 0 Å². The number of nitrogens with one attached hydrogen (secondary N) is 1. The van der Waals surface area contributed by atoms with Crippen molar-refractivity contribution >= 4 is 35.2 Å². The molecular weight excluding hydrogens is 366 g/mol. The Bertz CT molecular complexity index is 1110. The summed E-state index contributed by atoms with van der Waals surface area (Å²) in [6.45, 7) is 2.08. The van der Waals surface area contributed by atoms with Crippen LogP contribution >= 0.6 is 11.3 Å². The van der Waals surface area contributed by atoms with Crippen LogP contribution in [-0.4, -0.2) is 27.8 Å². The summed E-state index contributed by atoms with van der Waals surface area (Å²) in [4.78, 5) is 41.3. The van der Waals surface area contributed by atoms with Crippen LogP contribution in [0.25, 0.3) is 12.2 Å². The van der Waals surface area contributed by atoms with E-state index in [2.05, 4.69) is 10.3 Å². The first kappa shape index (κ1) is 18.5. The zero-order valence-electron chi connectivity index (χ0n) is 14.5. The van der Waals surface area contributed by atoms with Gasteiger partial charge in [-0.05, 0) is 37.3 Å². The first-order valence-corrected chi connectivity index (χ1v) is 9.09. The standard InChI is InChI=1S/C19H17N3O4S/c1-2-20-17(24)12-22-18(11-14(23)15-7-5-9-26-15)27-16(19(22)25)10-13-6-3-4-8-21-13/h3-11H,2,12H2,1H3,(H,20,24). The highest BCUT2D eigenvalue weighted by atomic mass is 32.1. The molecule has 1 N–H and O–H groups in total. The largest absolute Gasteiger partial charge is 0.461 e. The number of thiazole rings is 1. The molecule has 0 aliphatic rings. The van der Waals surface area contributed by atoms with E-state index in [1.807, 2.05) is 6.07 Å². The van der Waals surface area contributed by atoms with Crippen LogP contribution in [0.2, 0.25) is 0 Å². The summed E-state index contributed by atoms with van der Waals surface area (Å²) < 4.78 is 7.14. The molecule has 0 saturated carbocycles. The van der Waals surface area contributed by atoms with E-state index >= 15 is 0 Å². The molecule has 0 aliphatic carbocycles. The summed E-state index contributed by atoms with van der Waals surface area (Å²) in [6.07, 6.45) is 5.97. The molecule has 0 aromatic carbocycles. The average molecular weight is 383 g/mol. The Morgan fingerprint density at radius 3 is 2.81 bits per heavy atom. The highest BCUT2D eigenvalue weighted by Gasteiger charge is 2.12. The Morgan fingerprint density at radius 1 is 1.30 bits per heavy atom. The Labute approximate surface area is 158 Å². The maximum atomic E-state index is 12.8. The second kappa shape index (κ2) is 8.41. The van der Waals surface area contributed by atoms with Gasteiger partial charge in [0.2, 0.25) is 11.7 Å². The third-order valence-electron chi connectivity index (χ3n) is 3.60. The number of amides is 1. The Morgan fingerprint density at radius 2 is 2.15 bits per heavy atom. The molecule has 3 heterocycles. The maximum Gasteiger partial charge on any atom is 0.269 e. The SMILES string of the molecule is CCNC(=O)Cn1c(=CC(=O)c2ccco2)sc(=Cc2ccccn2)c1=O. The van der Waals surface area contributed by atoms with Gasteiger partial charge >= 0.3 is 0 Å². The van der Waals surface area contributed by atoms with Gasteiger partial charge in [-0.15, -0.1) is 11.3 Å². The normalized spacial score (nSPS) is 12.3. The summed E-state index contributed by atoms with van der Waals surface area (Å²) in [5.74, 6) is -0.521. The van der Waals surface area contributed by atoms with Crippen molar-refractivity contribution in [3.8, 4) is 0 Å². The van der Waals surface area contributed by atoms with E-state index in [9.17, 15) is 14.4 Å². The first-order chi connectivity index (χ1) is 13.1. The van der Waals surface area contributed by atoms with Gasteiger partial charge in [0.15, 0.2) is 5.76 Å². The third-order valence-corrected chi connectivity index (χ3v) is 4.66. The molecule has 0 saturated heterocycles. The lowest BCUT2D eigenvalue weighted by atomic mass is 10.3. The second-order valence-corrected chi connectivity index (χ2v) is 6.60. The number of nitrogens with zero attached hydrogens (tertiary/aromatic N) is 2. The Hall–Kier alpha value is -3.26. The molecule has 8 heteroatoms. The van der Waals surface area contributed by atoms with E-state index in [1.54, 1.807) is 43.5 Å². The average Bonchev–Trinajstić information content (AvgIpc) is 3.28. The van der Waals surface area contributed by atoms with Gasteiger partial charge in [-0.1, -0.05) is 6.07 Å². The molecule has 3 rings (SSSR count). The summed E-state index contributed by atoms with van der Waals surface area (Å²) in [7, 11) is 0. The molecule has 0 atom stereocenters. The topological polar surface area (TPSA) is 94.2 Å². The second-order valence-electron chi connectivity index (χ2n) is 5.53. The molecule has 0 unspecified atom stereocenters. The molecule has 0 bridgehead atoms. The lowest BCUT2D eigenvalue weighted by Gasteiger charge is -2.02. The summed E-state index contributed by atoms with van der Waals surface area (Å²) in [6, 6.07) is 8.51. The number of hydrogen-bond acceptors (Lipinski definition) is 6. The van der Waals surface area contributed by atoms with Crippen molar-refractivity contribution < 1.29 is 14.0 Å². The lowest BCUT2D eigenvalue weighted by Crippen LogP contribution is -2.38. The molecule has 138 valence electrons. The first-order valence-electron chi connectivity index (χ1n) is 8.27. The molecular formula is C19H17N3O4S. The monoisotopic (exact) mass is 383 g/mol. The Balaban J connectivity index is 2.11. The van der Waals surface area contributed by atoms with E-state index in [0.29, 0.717) is 21.4 Å². The van der Waals surface area contributed by atoms with Crippen LogP contribution in [0.3, 0.4) is 0 Å². The van der Waals surface area contributed by atoms with Crippen LogP contribution in [0.15, 0.2) is 52.0 Å². The van der Waals surface area contributed by atoms with Crippen molar-refractivity contribution in [2.24, 2.45) is 0 Å². The van der Waals surface area contributed by atoms with Crippen molar-refractivity contribution in [1.82, 2.24) is 14.9 Å². The number of carbonyl (C=O) groups is 2. The molecule has 27 heavy (non-hydrogen) atoms. The molecule has 0 spiro atoms. The fourth-order valence-corrected chi connectivity index (χ4v) is 3.41. The van der Waals surface area contributed by atoms with E-state index in [-0.39, 0.29) is 29.6 Å². The predicted octanol–water partition coefficient (Wildman–Crippen LogP) is 0.526. The van der Waals surface area contributed by atoms with E-state index in [4.69, 9.17) is 4.42 Å². The number of hydrogen-bond donors (Lipinski definition) is 1. The minimum Gasteiger partial charge on any atom is -0.461 e. The minimum atomic E-state index is -0.379. The van der Waals surface area contributed by atoms with E-state index in [1.165, 1.54) is 16.9 Å².